The van der Waals surface area contributed by atoms with Gasteiger partial charge in [-0.15, -0.1) is 0 Å². The highest BCUT2D eigenvalue weighted by Gasteiger charge is 2.21. The summed E-state index contributed by atoms with van der Waals surface area (Å²) in [7, 11) is 1.52. The molecule has 0 radical (unpaired) electrons. The number of likely N-dealkylation sites (N-methyl/N-ethyl adjacent to an activating group) is 1. The molecule has 0 unspecified atom stereocenters. The highest BCUT2D eigenvalue weighted by molar-refractivity contribution is 5.82. The van der Waals surface area contributed by atoms with Crippen LogP contribution in [0.5, 0.6) is 0 Å². The number of pyridine rings is 1. The lowest BCUT2D eigenvalue weighted by atomic mass is 10.2. The van der Waals surface area contributed by atoms with Crippen LogP contribution in [0.3, 0.4) is 0 Å². The minimum absolute atomic E-state index is 0.0797. The predicted molar refractivity (Wildman–Crippen MR) is 139 cm³/mol. The molecular weight excluding hydrogens is 477 g/mol. The van der Waals surface area contributed by atoms with Crippen LogP contribution >= 0.6 is 0 Å². The molecule has 0 aliphatic carbocycles. The van der Waals surface area contributed by atoms with Crippen molar-refractivity contribution in [3.8, 4) is 11.8 Å². The number of nitrogens with one attached hydrogen (secondary N) is 2. The zero-order valence-electron chi connectivity index (χ0n) is 21.8. The minimum atomic E-state index is -0.615. The average molecular weight is 512 g/mol. The summed E-state index contributed by atoms with van der Waals surface area (Å²) >= 11 is 0. The van der Waals surface area contributed by atoms with Crippen LogP contribution in [0.2, 0.25) is 0 Å². The van der Waals surface area contributed by atoms with E-state index in [-0.39, 0.29) is 12.5 Å². The van der Waals surface area contributed by atoms with E-state index in [0.29, 0.717) is 31.0 Å². The Morgan fingerprint density at radius 2 is 2.00 bits per heavy atom. The lowest BCUT2D eigenvalue weighted by molar-refractivity contribution is -0.122. The summed E-state index contributed by atoms with van der Waals surface area (Å²) in [5, 5.41) is 5.80. The molecule has 1 saturated heterocycles. The number of hydrogen-bond acceptors (Lipinski definition) is 8. The number of hydrogen-bond donors (Lipinski definition) is 2. The molecule has 0 spiro atoms. The summed E-state index contributed by atoms with van der Waals surface area (Å²) in [5.41, 5.74) is 0.616. The van der Waals surface area contributed by atoms with Crippen LogP contribution in [0.25, 0.3) is 0 Å². The van der Waals surface area contributed by atoms with Gasteiger partial charge in [0.1, 0.15) is 18.0 Å². The first-order valence-corrected chi connectivity index (χ1v) is 12.3. The molecular formula is C26H34FN7O3. The molecule has 11 heteroatoms. The molecule has 3 heterocycles. The van der Waals surface area contributed by atoms with Gasteiger partial charge in [-0.2, -0.15) is 9.37 Å². The zero-order valence-corrected chi connectivity index (χ0v) is 21.8. The van der Waals surface area contributed by atoms with Crippen molar-refractivity contribution in [2.45, 2.75) is 52.1 Å². The molecule has 0 aromatic carbocycles. The van der Waals surface area contributed by atoms with Crippen molar-refractivity contribution < 1.29 is 18.7 Å². The summed E-state index contributed by atoms with van der Waals surface area (Å²) in [4.78, 5) is 40.0. The van der Waals surface area contributed by atoms with Crippen LogP contribution in [-0.2, 0) is 9.53 Å². The standard InChI is InChI=1S/C26H34FN7O3/c1-26(2,3)37-25(36)33(4)18-22(35)29-12-7-5-6-10-19-17-30-24(31-20-11-13-28-21(27)16-20)32-23(19)34-14-8-9-15-34/h11,13,16-17H,5,7-9,12,14-15,18H2,1-4H3,(H,29,35)(H,28,30,31,32). The van der Waals surface area contributed by atoms with Crippen LogP contribution in [0.1, 0.15) is 52.0 Å². The van der Waals surface area contributed by atoms with Gasteiger partial charge in [0, 0.05) is 51.1 Å². The van der Waals surface area contributed by atoms with Crippen molar-refractivity contribution in [2.24, 2.45) is 0 Å². The van der Waals surface area contributed by atoms with Crippen molar-refractivity contribution in [1.82, 2.24) is 25.2 Å². The Balaban J connectivity index is 1.52. The quantitative estimate of drug-likeness (QED) is 0.315. The van der Waals surface area contributed by atoms with Gasteiger partial charge >= 0.3 is 6.09 Å². The van der Waals surface area contributed by atoms with Crippen molar-refractivity contribution in [3.63, 3.8) is 0 Å². The minimum Gasteiger partial charge on any atom is -0.444 e. The average Bonchev–Trinajstić information content (AvgIpc) is 3.35. The van der Waals surface area contributed by atoms with Crippen molar-refractivity contribution in [1.29, 1.82) is 0 Å². The maximum Gasteiger partial charge on any atom is 0.410 e. The van der Waals surface area contributed by atoms with Crippen molar-refractivity contribution in [3.05, 3.63) is 36.0 Å². The third-order valence-corrected chi connectivity index (χ3v) is 5.27. The summed E-state index contributed by atoms with van der Waals surface area (Å²) in [6.45, 7) is 7.46. The second-order valence-electron chi connectivity index (χ2n) is 9.71. The monoisotopic (exact) mass is 511 g/mol. The van der Waals surface area contributed by atoms with E-state index in [1.807, 2.05) is 0 Å². The van der Waals surface area contributed by atoms with Crippen LogP contribution in [0.15, 0.2) is 24.5 Å². The van der Waals surface area contributed by atoms with Crippen LogP contribution < -0.4 is 15.5 Å². The summed E-state index contributed by atoms with van der Waals surface area (Å²) in [6.07, 6.45) is 5.89. The largest absolute Gasteiger partial charge is 0.444 e. The van der Waals surface area contributed by atoms with Gasteiger partial charge in [-0.3, -0.25) is 4.79 Å². The molecule has 0 atom stereocenters. The Morgan fingerprint density at radius 3 is 2.70 bits per heavy atom. The van der Waals surface area contributed by atoms with Crippen LogP contribution in [-0.4, -0.2) is 70.7 Å². The zero-order chi connectivity index (χ0) is 26.8. The normalized spacial score (nSPS) is 12.9. The molecule has 10 nitrogen and oxygen atoms in total. The van der Waals surface area contributed by atoms with Gasteiger partial charge in [-0.25, -0.2) is 14.8 Å². The Hall–Kier alpha value is -3.94. The van der Waals surface area contributed by atoms with E-state index in [9.17, 15) is 14.0 Å². The number of carbonyl (C=O) groups is 2. The second-order valence-corrected chi connectivity index (χ2v) is 9.71. The Kier molecular flexibility index (Phi) is 9.60. The van der Waals surface area contributed by atoms with Gasteiger partial charge in [0.05, 0.1) is 11.8 Å². The lowest BCUT2D eigenvalue weighted by Crippen LogP contribution is -2.41. The van der Waals surface area contributed by atoms with Gasteiger partial charge < -0.3 is 25.2 Å². The van der Waals surface area contributed by atoms with E-state index < -0.39 is 17.6 Å². The summed E-state index contributed by atoms with van der Waals surface area (Å²) in [6, 6.07) is 2.92. The third-order valence-electron chi connectivity index (χ3n) is 5.27. The second kappa shape index (κ2) is 12.9. The molecule has 198 valence electrons. The topological polar surface area (TPSA) is 113 Å². The summed E-state index contributed by atoms with van der Waals surface area (Å²) < 4.78 is 18.7. The number of halogens is 1. The molecule has 0 saturated carbocycles. The number of anilines is 3. The number of rotatable bonds is 8. The van der Waals surface area contributed by atoms with E-state index in [1.165, 1.54) is 24.2 Å². The number of ether oxygens (including phenoxy) is 1. The molecule has 1 aliphatic rings. The van der Waals surface area contributed by atoms with E-state index in [4.69, 9.17) is 4.74 Å². The van der Waals surface area contributed by atoms with E-state index in [1.54, 1.807) is 33.0 Å². The fraction of sp³-hybridized carbons (Fsp3) is 0.500. The molecule has 1 fully saturated rings. The molecule has 2 N–H and O–H groups in total. The smallest absolute Gasteiger partial charge is 0.410 e. The first-order chi connectivity index (χ1) is 17.6. The predicted octanol–water partition coefficient (Wildman–Crippen LogP) is 3.47. The highest BCUT2D eigenvalue weighted by atomic mass is 19.1. The molecule has 37 heavy (non-hydrogen) atoms. The molecule has 1 aliphatic heterocycles. The first-order valence-electron chi connectivity index (χ1n) is 12.3. The lowest BCUT2D eigenvalue weighted by Gasteiger charge is -2.24. The number of nitrogens with zero attached hydrogens (tertiary/aromatic N) is 5. The Morgan fingerprint density at radius 1 is 1.24 bits per heavy atom. The number of aromatic nitrogens is 3. The SMILES string of the molecule is CN(CC(=O)NCCCC#Cc1cnc(Nc2ccnc(F)c2)nc1N1CCCC1)C(=O)OC(C)(C)C. The first kappa shape index (κ1) is 27.6. The maximum atomic E-state index is 13.4. The van der Waals surface area contributed by atoms with Crippen molar-refractivity contribution >= 4 is 29.5 Å². The molecule has 3 rings (SSSR count). The van der Waals surface area contributed by atoms with Crippen molar-refractivity contribution in [2.75, 3.05) is 43.4 Å². The summed E-state index contributed by atoms with van der Waals surface area (Å²) in [5.74, 6) is 6.54. The third kappa shape index (κ3) is 9.22. The number of carbonyl (C=O) groups excluding carboxylic acids is 2. The van der Waals surface area contributed by atoms with Crippen LogP contribution in [0, 0.1) is 17.8 Å². The number of amides is 2. The Bertz CT molecular complexity index is 1150. The van der Waals surface area contributed by atoms with Gasteiger partial charge in [0.15, 0.2) is 0 Å². The van der Waals surface area contributed by atoms with Gasteiger partial charge in [-0.05, 0) is 46.1 Å². The highest BCUT2D eigenvalue weighted by Crippen LogP contribution is 2.24. The van der Waals surface area contributed by atoms with Gasteiger partial charge in [0.25, 0.3) is 0 Å². The van der Waals surface area contributed by atoms with E-state index >= 15 is 0 Å². The Labute approximate surface area is 217 Å². The molecule has 2 amide bonds. The molecule has 2 aromatic heterocycles. The van der Waals surface area contributed by atoms with E-state index in [2.05, 4.69) is 42.3 Å². The fourth-order valence-electron chi connectivity index (χ4n) is 3.54. The maximum absolute atomic E-state index is 13.4. The van der Waals surface area contributed by atoms with Gasteiger partial charge in [0.2, 0.25) is 17.8 Å². The fourth-order valence-corrected chi connectivity index (χ4v) is 3.54. The molecule has 2 aromatic rings. The van der Waals surface area contributed by atoms with E-state index in [0.717, 1.165) is 37.3 Å². The van der Waals surface area contributed by atoms with Crippen LogP contribution in [0.4, 0.5) is 26.6 Å². The van der Waals surface area contributed by atoms with Gasteiger partial charge in [-0.1, -0.05) is 11.8 Å². The number of unbranched alkanes of at least 4 members (excludes halogenated alkanes) is 1. The molecule has 0 bridgehead atoms.